The molecule has 1 N–H and O–H groups in total. The molecule has 0 aromatic heterocycles. The quantitative estimate of drug-likeness (QED) is 0.355. The summed E-state index contributed by atoms with van der Waals surface area (Å²) < 4.78 is 19.5. The maximum Gasteiger partial charge on any atom is 0.163 e. The molecule has 0 bridgehead atoms. The molecule has 6 aliphatic rings. The minimum atomic E-state index is -0.462. The van der Waals surface area contributed by atoms with Gasteiger partial charge in [0.25, 0.3) is 0 Å². The summed E-state index contributed by atoms with van der Waals surface area (Å²) in [6.07, 6.45) is 14.0. The van der Waals surface area contributed by atoms with Gasteiger partial charge in [-0.2, -0.15) is 0 Å². The zero-order valence-electron chi connectivity index (χ0n) is 27.5. The largest absolute Gasteiger partial charge is 0.391 e. The number of aliphatic hydroxyl groups excluding tert-OH is 1. The van der Waals surface area contributed by atoms with Crippen molar-refractivity contribution >= 4 is 0 Å². The van der Waals surface area contributed by atoms with E-state index in [0.29, 0.717) is 41.3 Å². The van der Waals surface area contributed by atoms with Gasteiger partial charge in [-0.05, 0) is 118 Å². The third-order valence-electron chi connectivity index (χ3n) is 14.5. The molecule has 0 radical (unpaired) electrons. The van der Waals surface area contributed by atoms with Gasteiger partial charge in [-0.15, -0.1) is 0 Å². The first-order valence-corrected chi connectivity index (χ1v) is 16.7. The summed E-state index contributed by atoms with van der Waals surface area (Å²) in [6.45, 7) is 25.3. The molecule has 4 heteroatoms. The predicted octanol–water partition coefficient (Wildman–Crippen LogP) is 8.32. The van der Waals surface area contributed by atoms with Crippen LogP contribution < -0.4 is 0 Å². The van der Waals surface area contributed by atoms with Crippen molar-refractivity contribution in [1.82, 2.24) is 0 Å². The number of hydrogen-bond acceptors (Lipinski definition) is 4. The van der Waals surface area contributed by atoms with Crippen LogP contribution in [0.25, 0.3) is 0 Å². The minimum Gasteiger partial charge on any atom is -0.391 e. The molecule has 1 heterocycles. The molecule has 5 fully saturated rings. The molecule has 0 spiro atoms. The maximum absolute atomic E-state index is 10.1. The highest BCUT2D eigenvalue weighted by Crippen LogP contribution is 2.76. The van der Waals surface area contributed by atoms with E-state index in [4.69, 9.17) is 14.2 Å². The smallest absolute Gasteiger partial charge is 0.163 e. The van der Waals surface area contributed by atoms with E-state index in [1.165, 1.54) is 44.9 Å². The molecule has 1 aliphatic heterocycles. The molecule has 228 valence electrons. The lowest BCUT2D eigenvalue weighted by Crippen LogP contribution is -2.68. The Morgan fingerprint density at radius 2 is 1.60 bits per heavy atom. The van der Waals surface area contributed by atoms with E-state index >= 15 is 0 Å². The molecular formula is C36H60O4. The predicted molar refractivity (Wildman–Crippen MR) is 161 cm³/mol. The topological polar surface area (TPSA) is 47.9 Å². The van der Waals surface area contributed by atoms with Gasteiger partial charge in [-0.3, -0.25) is 0 Å². The normalized spacial score (nSPS) is 53.6. The summed E-state index contributed by atoms with van der Waals surface area (Å²) >= 11 is 0. The Morgan fingerprint density at radius 3 is 2.30 bits per heavy atom. The van der Waals surface area contributed by atoms with E-state index in [-0.39, 0.29) is 27.8 Å². The summed E-state index contributed by atoms with van der Waals surface area (Å²) in [5.74, 6) is 1.44. The molecule has 6 rings (SSSR count). The lowest BCUT2D eigenvalue weighted by atomic mass is 9.33. The molecule has 5 aliphatic carbocycles. The molecule has 4 nitrogen and oxygen atoms in total. The zero-order valence-corrected chi connectivity index (χ0v) is 27.5. The van der Waals surface area contributed by atoms with E-state index in [0.717, 1.165) is 19.4 Å². The van der Waals surface area contributed by atoms with Gasteiger partial charge < -0.3 is 19.3 Å². The van der Waals surface area contributed by atoms with Crippen molar-refractivity contribution in [2.45, 2.75) is 151 Å². The van der Waals surface area contributed by atoms with Crippen molar-refractivity contribution in [1.29, 1.82) is 0 Å². The second-order valence-corrected chi connectivity index (χ2v) is 17.9. The van der Waals surface area contributed by atoms with Gasteiger partial charge in [0.1, 0.15) is 0 Å². The third-order valence-corrected chi connectivity index (χ3v) is 14.5. The van der Waals surface area contributed by atoms with Crippen LogP contribution in [0.1, 0.15) is 127 Å². The molecule has 40 heavy (non-hydrogen) atoms. The lowest BCUT2D eigenvalue weighted by Gasteiger charge is -2.72. The third kappa shape index (κ3) is 4.04. The molecule has 11 unspecified atom stereocenters. The monoisotopic (exact) mass is 556 g/mol. The van der Waals surface area contributed by atoms with Gasteiger partial charge in [0.05, 0.1) is 31.5 Å². The number of fused-ring (bicyclic) bond motifs is 9. The summed E-state index contributed by atoms with van der Waals surface area (Å²) in [7, 11) is 0. The highest BCUT2D eigenvalue weighted by molar-refractivity contribution is 5.34. The van der Waals surface area contributed by atoms with E-state index in [1.807, 2.05) is 6.92 Å². The Labute approximate surface area is 245 Å². The van der Waals surface area contributed by atoms with Crippen molar-refractivity contribution in [3.63, 3.8) is 0 Å². The Kier molecular flexibility index (Phi) is 6.71. The van der Waals surface area contributed by atoms with Gasteiger partial charge in [0.2, 0.25) is 0 Å². The first kappa shape index (κ1) is 29.6. The summed E-state index contributed by atoms with van der Waals surface area (Å²) in [5, 5.41) is 10.1. The number of rotatable bonds is 3. The van der Waals surface area contributed by atoms with E-state index in [1.54, 1.807) is 5.57 Å². The molecule has 1 saturated heterocycles. The summed E-state index contributed by atoms with van der Waals surface area (Å²) in [5.41, 5.74) is 3.11. The SMILES string of the molecule is CC(O)COC1CC(C)(C)CC2C3=CCC4C5(C)CCC6OC(C)(C)OCC6(C)C5CCC4(C)C3(C)CCC12C. The highest BCUT2D eigenvalue weighted by atomic mass is 16.7. The van der Waals surface area contributed by atoms with E-state index < -0.39 is 11.9 Å². The van der Waals surface area contributed by atoms with Crippen LogP contribution in [-0.2, 0) is 14.2 Å². The Morgan fingerprint density at radius 1 is 0.875 bits per heavy atom. The van der Waals surface area contributed by atoms with Crippen LogP contribution >= 0.6 is 0 Å². The van der Waals surface area contributed by atoms with E-state index in [2.05, 4.69) is 68.4 Å². The van der Waals surface area contributed by atoms with E-state index in [9.17, 15) is 5.11 Å². The number of ether oxygens (including phenoxy) is 3. The van der Waals surface area contributed by atoms with Crippen LogP contribution in [0.15, 0.2) is 11.6 Å². The van der Waals surface area contributed by atoms with Gasteiger partial charge in [-0.25, -0.2) is 0 Å². The zero-order chi connectivity index (χ0) is 29.1. The van der Waals surface area contributed by atoms with Crippen molar-refractivity contribution in [3.05, 3.63) is 11.6 Å². The fourth-order valence-electron chi connectivity index (χ4n) is 12.0. The minimum absolute atomic E-state index is 0.0989. The van der Waals surface area contributed by atoms with Gasteiger partial charge in [0, 0.05) is 10.8 Å². The first-order chi connectivity index (χ1) is 18.4. The fourth-order valence-corrected chi connectivity index (χ4v) is 12.0. The van der Waals surface area contributed by atoms with Crippen LogP contribution in [0.4, 0.5) is 0 Å². The van der Waals surface area contributed by atoms with Crippen molar-refractivity contribution in [2.75, 3.05) is 13.2 Å². The molecule has 4 saturated carbocycles. The summed E-state index contributed by atoms with van der Waals surface area (Å²) in [4.78, 5) is 0. The van der Waals surface area contributed by atoms with Crippen LogP contribution in [-0.4, -0.2) is 42.4 Å². The van der Waals surface area contributed by atoms with Crippen molar-refractivity contribution < 1.29 is 19.3 Å². The Bertz CT molecular complexity index is 1050. The van der Waals surface area contributed by atoms with Crippen LogP contribution in [0.5, 0.6) is 0 Å². The number of hydrogen-bond donors (Lipinski definition) is 1. The average molecular weight is 557 g/mol. The lowest BCUT2D eigenvalue weighted by molar-refractivity contribution is -0.351. The summed E-state index contributed by atoms with van der Waals surface area (Å²) in [6, 6.07) is 0. The Balaban J connectivity index is 1.35. The first-order valence-electron chi connectivity index (χ1n) is 16.7. The molecular weight excluding hydrogens is 496 g/mol. The molecule has 0 amide bonds. The maximum atomic E-state index is 10.1. The second-order valence-electron chi connectivity index (χ2n) is 17.9. The Hall–Kier alpha value is -0.420. The number of allylic oxidation sites excluding steroid dienone is 2. The van der Waals surface area contributed by atoms with Crippen LogP contribution in [0.3, 0.4) is 0 Å². The average Bonchev–Trinajstić information content (AvgIpc) is 2.84. The van der Waals surface area contributed by atoms with Crippen LogP contribution in [0.2, 0.25) is 0 Å². The van der Waals surface area contributed by atoms with Crippen molar-refractivity contribution in [3.8, 4) is 0 Å². The van der Waals surface area contributed by atoms with Gasteiger partial charge >= 0.3 is 0 Å². The van der Waals surface area contributed by atoms with Gasteiger partial charge in [-0.1, -0.05) is 60.1 Å². The molecule has 0 aromatic carbocycles. The standard InChI is InChI=1S/C36H60O4/c1-23(37)21-38-29-20-30(2,3)19-25-24-11-12-27-33(7)15-14-28-34(8,22-39-31(4,5)40-28)26(33)13-16-36(27,10)35(24,9)18-17-32(25,29)6/h11,23,25-29,37H,12-22H2,1-10H3. The van der Waals surface area contributed by atoms with Crippen molar-refractivity contribution in [2.24, 2.45) is 50.2 Å². The molecule has 11 atom stereocenters. The molecule has 0 aromatic rings. The fraction of sp³-hybridized carbons (Fsp3) is 0.944. The van der Waals surface area contributed by atoms with Crippen LogP contribution in [0, 0.1) is 50.2 Å². The van der Waals surface area contributed by atoms with Gasteiger partial charge in [0.15, 0.2) is 5.79 Å². The second kappa shape index (κ2) is 9.05. The highest BCUT2D eigenvalue weighted by Gasteiger charge is 2.70. The number of aliphatic hydroxyl groups is 1.